The molecule has 1 aliphatic rings. The number of halogens is 1. The predicted molar refractivity (Wildman–Crippen MR) is 166 cm³/mol. The quantitative estimate of drug-likeness (QED) is 0.148. The number of hydrogen-bond acceptors (Lipinski definition) is 9. The molecule has 1 saturated heterocycles. The molecular weight excluding hydrogens is 580 g/mol. The molecule has 0 saturated carbocycles. The Balaban J connectivity index is 1.23. The predicted octanol–water partition coefficient (Wildman–Crippen LogP) is 5.78. The Bertz CT molecular complexity index is 1660. The van der Waals surface area contributed by atoms with Gasteiger partial charge < -0.3 is 24.2 Å². The summed E-state index contributed by atoms with van der Waals surface area (Å²) in [6.07, 6.45) is 5.22. The highest BCUT2D eigenvalue weighted by atomic mass is 35.5. The lowest BCUT2D eigenvalue weighted by Gasteiger charge is -2.16. The van der Waals surface area contributed by atoms with Crippen LogP contribution in [0.1, 0.15) is 45.5 Å². The number of carbonyl (C=O) groups excluding carboxylic acids is 1. The van der Waals surface area contributed by atoms with Gasteiger partial charge in [0.25, 0.3) is 0 Å². The topological polar surface area (TPSA) is 118 Å². The number of ether oxygens (including phenoxy) is 3. The highest BCUT2D eigenvalue weighted by Gasteiger charge is 2.19. The minimum atomic E-state index is -0.214. The average Bonchev–Trinajstić information content (AvgIpc) is 3.47. The summed E-state index contributed by atoms with van der Waals surface area (Å²) < 4.78 is 17.9. The summed E-state index contributed by atoms with van der Waals surface area (Å²) >= 11 is 6.46. The highest BCUT2D eigenvalue weighted by Crippen LogP contribution is 2.34. The van der Waals surface area contributed by atoms with Gasteiger partial charge in [0.15, 0.2) is 6.29 Å². The monoisotopic (exact) mass is 612 g/mol. The van der Waals surface area contributed by atoms with Crippen molar-refractivity contribution in [3.63, 3.8) is 0 Å². The van der Waals surface area contributed by atoms with Crippen molar-refractivity contribution in [3.05, 3.63) is 99.8 Å². The molecule has 1 aliphatic heterocycles. The molecule has 2 aromatic heterocycles. The van der Waals surface area contributed by atoms with Crippen LogP contribution in [0.15, 0.2) is 67.0 Å². The Labute approximate surface area is 261 Å². The zero-order valence-corrected chi connectivity index (χ0v) is 25.2. The van der Waals surface area contributed by atoms with E-state index in [9.17, 15) is 9.90 Å². The molecule has 2 aromatic carbocycles. The van der Waals surface area contributed by atoms with E-state index in [-0.39, 0.29) is 29.9 Å². The van der Waals surface area contributed by atoms with Gasteiger partial charge in [0.1, 0.15) is 30.8 Å². The number of rotatable bonds is 13. The number of aldehydes is 1. The summed E-state index contributed by atoms with van der Waals surface area (Å²) in [6.45, 7) is 5.46. The van der Waals surface area contributed by atoms with Crippen LogP contribution in [0.2, 0.25) is 5.02 Å². The second kappa shape index (κ2) is 14.8. The number of hydrogen-bond donors (Lipinski definition) is 1. The summed E-state index contributed by atoms with van der Waals surface area (Å²) in [4.78, 5) is 22.7. The van der Waals surface area contributed by atoms with E-state index in [0.717, 1.165) is 54.9 Å². The van der Waals surface area contributed by atoms with Gasteiger partial charge in [-0.1, -0.05) is 35.9 Å². The van der Waals surface area contributed by atoms with Crippen molar-refractivity contribution in [2.24, 2.45) is 0 Å². The Morgan fingerprint density at radius 1 is 1.09 bits per heavy atom. The number of nitrogens with zero attached hydrogens (tertiary/aromatic N) is 4. The van der Waals surface area contributed by atoms with Gasteiger partial charge in [-0.2, -0.15) is 5.26 Å². The molecule has 0 amide bonds. The van der Waals surface area contributed by atoms with E-state index in [1.54, 1.807) is 18.3 Å². The van der Waals surface area contributed by atoms with Gasteiger partial charge in [-0.05, 0) is 49.1 Å². The van der Waals surface area contributed by atoms with E-state index in [1.807, 2.05) is 49.4 Å². The van der Waals surface area contributed by atoms with Crippen LogP contribution in [0, 0.1) is 18.3 Å². The molecule has 9 nitrogen and oxygen atoms in total. The fraction of sp³-hybridized carbons (Fsp3) is 0.294. The SMILES string of the molecule is Cc1c(COc2cc(OCc3cncc(C#N)c3)c(C=O)cc2Cl)cccc1-c1cccc(OCCCN2CC[C@@H](O)C2)n1. The maximum Gasteiger partial charge on any atom is 0.213 e. The molecule has 44 heavy (non-hydrogen) atoms. The summed E-state index contributed by atoms with van der Waals surface area (Å²) in [5.41, 5.74) is 5.10. The normalized spacial score (nSPS) is 14.6. The Morgan fingerprint density at radius 2 is 1.93 bits per heavy atom. The number of benzene rings is 2. The first-order chi connectivity index (χ1) is 21.4. The number of β-amino-alcohol motifs (C(OH)–C–C–N with tert-alkyl or cyclic N) is 1. The van der Waals surface area contributed by atoms with E-state index < -0.39 is 0 Å². The molecule has 1 atom stereocenters. The van der Waals surface area contributed by atoms with E-state index >= 15 is 0 Å². The van der Waals surface area contributed by atoms with Crippen molar-refractivity contribution in [3.8, 4) is 34.7 Å². The number of carbonyl (C=O) groups is 1. The van der Waals surface area contributed by atoms with Crippen molar-refractivity contribution in [1.82, 2.24) is 14.9 Å². The lowest BCUT2D eigenvalue weighted by molar-refractivity contribution is 0.111. The Kier molecular flexibility index (Phi) is 10.4. The molecule has 10 heteroatoms. The number of aliphatic hydroxyl groups is 1. The first-order valence-electron chi connectivity index (χ1n) is 14.4. The van der Waals surface area contributed by atoms with E-state index in [2.05, 4.69) is 9.88 Å². The fourth-order valence-electron chi connectivity index (χ4n) is 5.06. The number of nitriles is 1. The van der Waals surface area contributed by atoms with E-state index in [0.29, 0.717) is 41.4 Å². The smallest absolute Gasteiger partial charge is 0.213 e. The van der Waals surface area contributed by atoms with Gasteiger partial charge in [-0.25, -0.2) is 4.98 Å². The van der Waals surface area contributed by atoms with Crippen LogP contribution >= 0.6 is 11.6 Å². The number of aromatic nitrogens is 2. The van der Waals surface area contributed by atoms with Crippen LogP contribution in [0.5, 0.6) is 17.4 Å². The van der Waals surface area contributed by atoms with Crippen LogP contribution in [0.3, 0.4) is 0 Å². The summed E-state index contributed by atoms with van der Waals surface area (Å²) in [5.74, 6) is 1.25. The van der Waals surface area contributed by atoms with Gasteiger partial charge >= 0.3 is 0 Å². The average molecular weight is 613 g/mol. The maximum absolute atomic E-state index is 11.7. The molecule has 1 fully saturated rings. The maximum atomic E-state index is 11.7. The molecule has 4 aromatic rings. The highest BCUT2D eigenvalue weighted by molar-refractivity contribution is 6.32. The molecular formula is C34H33ClN4O5. The molecule has 0 bridgehead atoms. The van der Waals surface area contributed by atoms with E-state index in [1.165, 1.54) is 12.3 Å². The van der Waals surface area contributed by atoms with Crippen molar-refractivity contribution in [1.29, 1.82) is 5.26 Å². The fourth-order valence-corrected chi connectivity index (χ4v) is 5.29. The molecule has 5 rings (SSSR count). The number of likely N-dealkylation sites (tertiary alicyclic amines) is 1. The van der Waals surface area contributed by atoms with Gasteiger partial charge in [0, 0.05) is 55.3 Å². The second-order valence-electron chi connectivity index (χ2n) is 10.6. The third-order valence-electron chi connectivity index (χ3n) is 7.45. The van der Waals surface area contributed by atoms with Crippen LogP contribution in [-0.2, 0) is 13.2 Å². The lowest BCUT2D eigenvalue weighted by atomic mass is 10.00. The van der Waals surface area contributed by atoms with Crippen LogP contribution in [0.25, 0.3) is 11.3 Å². The first kappa shape index (κ1) is 31.0. The van der Waals surface area contributed by atoms with Crippen LogP contribution < -0.4 is 14.2 Å². The van der Waals surface area contributed by atoms with Crippen molar-refractivity contribution < 1.29 is 24.1 Å². The molecule has 0 aliphatic carbocycles. The zero-order chi connectivity index (χ0) is 30.9. The lowest BCUT2D eigenvalue weighted by Crippen LogP contribution is -2.24. The Hall–Kier alpha value is -4.49. The van der Waals surface area contributed by atoms with Gasteiger partial charge in [-0.15, -0.1) is 0 Å². The first-order valence-corrected chi connectivity index (χ1v) is 14.8. The largest absolute Gasteiger partial charge is 0.488 e. The minimum Gasteiger partial charge on any atom is -0.488 e. The zero-order valence-electron chi connectivity index (χ0n) is 24.4. The van der Waals surface area contributed by atoms with Crippen LogP contribution in [-0.4, -0.2) is 58.6 Å². The van der Waals surface area contributed by atoms with Crippen molar-refractivity contribution >= 4 is 17.9 Å². The Morgan fingerprint density at radius 3 is 2.73 bits per heavy atom. The second-order valence-corrected chi connectivity index (χ2v) is 11.0. The standard InChI is InChI=1S/C34H33ClN4O5/c1-23-26(5-2-6-29(23)31-7-3-8-34(38-31)42-12-4-10-39-11-9-28(41)19-39)22-44-33-15-32(27(20-40)14-30(33)35)43-21-25-13-24(16-36)17-37-18-25/h2-3,5-8,13-15,17-18,20,28,41H,4,9-12,19,21-22H2,1H3/t28-/m1/s1. The molecule has 226 valence electrons. The van der Waals surface area contributed by atoms with E-state index in [4.69, 9.17) is 36.1 Å². The van der Waals surface area contributed by atoms with Gasteiger partial charge in [-0.3, -0.25) is 9.78 Å². The van der Waals surface area contributed by atoms with Gasteiger partial charge in [0.05, 0.1) is 34.6 Å². The summed E-state index contributed by atoms with van der Waals surface area (Å²) in [5, 5.41) is 19.1. The number of aliphatic hydroxyl groups excluding tert-OH is 1. The number of pyridine rings is 2. The molecule has 1 N–H and O–H groups in total. The van der Waals surface area contributed by atoms with Crippen molar-refractivity contribution in [2.45, 2.75) is 39.1 Å². The summed E-state index contributed by atoms with van der Waals surface area (Å²) in [7, 11) is 0. The van der Waals surface area contributed by atoms with Crippen LogP contribution in [0.4, 0.5) is 0 Å². The summed E-state index contributed by atoms with van der Waals surface area (Å²) in [6, 6.07) is 18.5. The molecule has 0 radical (unpaired) electrons. The van der Waals surface area contributed by atoms with Crippen molar-refractivity contribution in [2.75, 3.05) is 26.2 Å². The third kappa shape index (κ3) is 7.91. The molecule has 0 unspecified atom stereocenters. The molecule has 3 heterocycles. The van der Waals surface area contributed by atoms with Gasteiger partial charge in [0.2, 0.25) is 5.88 Å². The third-order valence-corrected chi connectivity index (χ3v) is 7.75. The minimum absolute atomic E-state index is 0.115. The molecule has 0 spiro atoms.